The lowest BCUT2D eigenvalue weighted by molar-refractivity contribution is -0.146. The summed E-state index contributed by atoms with van der Waals surface area (Å²) in [6.45, 7) is 6.43. The van der Waals surface area contributed by atoms with Crippen molar-refractivity contribution in [2.75, 3.05) is 52.7 Å². The Hall–Kier alpha value is -4.79. The van der Waals surface area contributed by atoms with Crippen LogP contribution in [0.1, 0.15) is 30.0 Å². The number of nitrogens with zero attached hydrogens (tertiary/aromatic N) is 3. The molecular formula is C39H42ClFN4O8. The van der Waals surface area contributed by atoms with E-state index in [1.165, 1.54) is 0 Å². The average molecular weight is 749 g/mol. The van der Waals surface area contributed by atoms with Crippen LogP contribution in [0.25, 0.3) is 22.2 Å². The molecule has 0 aliphatic carbocycles. The minimum absolute atomic E-state index is 0.110. The van der Waals surface area contributed by atoms with Crippen molar-refractivity contribution in [1.82, 2.24) is 20.5 Å². The molecule has 14 heteroatoms. The Kier molecular flexibility index (Phi) is 13.5. The van der Waals surface area contributed by atoms with E-state index in [-0.39, 0.29) is 37.1 Å². The zero-order valence-corrected chi connectivity index (χ0v) is 30.1. The van der Waals surface area contributed by atoms with Gasteiger partial charge in [-0.05, 0) is 65.1 Å². The molecule has 1 fully saturated rings. The van der Waals surface area contributed by atoms with Crippen molar-refractivity contribution in [2.24, 2.45) is 0 Å². The van der Waals surface area contributed by atoms with E-state index in [4.69, 9.17) is 39.9 Å². The summed E-state index contributed by atoms with van der Waals surface area (Å²) in [5.41, 5.74) is 4.01. The van der Waals surface area contributed by atoms with Crippen molar-refractivity contribution in [1.29, 1.82) is 0 Å². The normalized spacial score (nSPS) is 13.9. The predicted molar refractivity (Wildman–Crippen MR) is 195 cm³/mol. The fourth-order valence-corrected chi connectivity index (χ4v) is 6.10. The van der Waals surface area contributed by atoms with Gasteiger partial charge in [0.1, 0.15) is 53.4 Å². The zero-order valence-electron chi connectivity index (χ0n) is 29.4. The van der Waals surface area contributed by atoms with E-state index < -0.39 is 24.4 Å². The molecule has 4 aromatic carbocycles. The Labute approximate surface area is 311 Å². The molecule has 0 saturated carbocycles. The summed E-state index contributed by atoms with van der Waals surface area (Å²) in [4.78, 5) is 14.7. The van der Waals surface area contributed by atoms with Crippen molar-refractivity contribution in [3.8, 4) is 28.4 Å². The second-order valence-electron chi connectivity index (χ2n) is 12.4. The number of fused-ring (bicyclic) bond motifs is 1. The van der Waals surface area contributed by atoms with E-state index >= 15 is 4.39 Å². The van der Waals surface area contributed by atoms with Gasteiger partial charge in [-0.25, -0.2) is 9.02 Å². The standard InChI is InChI=1S/C39H42ClFN4O8/c1-2-49-39(47)35(23-46)42-22-29-20-32(40)37(21-36(29)51-24-26-10-11-33-34(18-26)44-53-43-33)52-25-28-7-4-9-31(38(28)41)27-6-3-8-30(19-27)50-15-5-12-45-13-16-48-17-14-45/h3-4,6-11,18-21,35,42,46H,2,5,12-17,22-25H2,1H3/t35-/m1/s1. The van der Waals surface area contributed by atoms with Crippen LogP contribution in [0.15, 0.2) is 77.4 Å². The molecule has 6 rings (SSSR count). The van der Waals surface area contributed by atoms with Crippen LogP contribution in [0.4, 0.5) is 4.39 Å². The lowest BCUT2D eigenvalue weighted by Gasteiger charge is -2.26. The summed E-state index contributed by atoms with van der Waals surface area (Å²) in [6.07, 6.45) is 0.880. The quantitative estimate of drug-likeness (QED) is 0.0809. The molecule has 1 saturated heterocycles. The third-order valence-corrected chi connectivity index (χ3v) is 9.01. The molecule has 12 nitrogen and oxygen atoms in total. The minimum Gasteiger partial charge on any atom is -0.494 e. The van der Waals surface area contributed by atoms with Gasteiger partial charge in [0.2, 0.25) is 0 Å². The molecule has 0 amide bonds. The molecule has 0 bridgehead atoms. The van der Waals surface area contributed by atoms with Crippen molar-refractivity contribution in [2.45, 2.75) is 39.1 Å². The molecule has 280 valence electrons. The molecule has 53 heavy (non-hydrogen) atoms. The molecule has 2 heterocycles. The average Bonchev–Trinajstić information content (AvgIpc) is 3.65. The molecule has 2 N–H and O–H groups in total. The molecule has 1 aliphatic heterocycles. The van der Waals surface area contributed by atoms with Crippen LogP contribution in [0.5, 0.6) is 17.2 Å². The van der Waals surface area contributed by atoms with Crippen LogP contribution < -0.4 is 19.5 Å². The molecule has 1 aromatic heterocycles. The van der Waals surface area contributed by atoms with E-state index in [0.29, 0.717) is 51.4 Å². The topological polar surface area (TPSA) is 138 Å². The van der Waals surface area contributed by atoms with Gasteiger partial charge in [-0.15, -0.1) is 0 Å². The first-order valence-electron chi connectivity index (χ1n) is 17.5. The first kappa shape index (κ1) is 38.0. The first-order chi connectivity index (χ1) is 25.9. The molecule has 0 unspecified atom stereocenters. The highest BCUT2D eigenvalue weighted by atomic mass is 35.5. The van der Waals surface area contributed by atoms with E-state index in [1.807, 2.05) is 30.3 Å². The lowest BCUT2D eigenvalue weighted by atomic mass is 10.0. The number of morpholine rings is 1. The summed E-state index contributed by atoms with van der Waals surface area (Å²) in [5.74, 6) is 0.331. The molecule has 0 radical (unpaired) electrons. The van der Waals surface area contributed by atoms with Crippen molar-refractivity contribution in [3.05, 3.63) is 100 Å². The van der Waals surface area contributed by atoms with Gasteiger partial charge in [0.15, 0.2) is 0 Å². The van der Waals surface area contributed by atoms with Gasteiger partial charge in [0.05, 0.1) is 38.1 Å². The van der Waals surface area contributed by atoms with Crippen LogP contribution >= 0.6 is 11.6 Å². The van der Waals surface area contributed by atoms with Gasteiger partial charge in [-0.3, -0.25) is 15.0 Å². The largest absolute Gasteiger partial charge is 0.494 e. The number of carbonyl (C=O) groups excluding carboxylic acids is 1. The van der Waals surface area contributed by atoms with Gasteiger partial charge in [0.25, 0.3) is 0 Å². The summed E-state index contributed by atoms with van der Waals surface area (Å²) >= 11 is 6.69. The van der Waals surface area contributed by atoms with Crippen molar-refractivity contribution >= 4 is 28.6 Å². The highest BCUT2D eigenvalue weighted by Crippen LogP contribution is 2.35. The number of esters is 1. The Morgan fingerprint density at radius 1 is 0.962 bits per heavy atom. The number of rotatable bonds is 18. The third-order valence-electron chi connectivity index (χ3n) is 8.72. The maximum atomic E-state index is 16.0. The fourth-order valence-electron chi connectivity index (χ4n) is 5.86. The monoisotopic (exact) mass is 748 g/mol. The van der Waals surface area contributed by atoms with Gasteiger partial charge in [0, 0.05) is 48.9 Å². The predicted octanol–water partition coefficient (Wildman–Crippen LogP) is 5.96. The molecule has 0 spiro atoms. The summed E-state index contributed by atoms with van der Waals surface area (Å²) in [7, 11) is 0. The van der Waals surface area contributed by atoms with Crippen LogP contribution in [0.3, 0.4) is 0 Å². The molecule has 1 atom stereocenters. The number of aliphatic hydroxyl groups excluding tert-OH is 1. The lowest BCUT2D eigenvalue weighted by Crippen LogP contribution is -2.40. The summed E-state index contributed by atoms with van der Waals surface area (Å²) in [5, 5.41) is 20.7. The van der Waals surface area contributed by atoms with Crippen molar-refractivity contribution in [3.63, 3.8) is 0 Å². The number of aliphatic hydroxyl groups is 1. The number of nitrogens with one attached hydrogen (secondary N) is 1. The number of ether oxygens (including phenoxy) is 5. The number of hydrogen-bond acceptors (Lipinski definition) is 12. The maximum absolute atomic E-state index is 16.0. The van der Waals surface area contributed by atoms with E-state index in [9.17, 15) is 9.90 Å². The van der Waals surface area contributed by atoms with Crippen LogP contribution in [-0.2, 0) is 34.0 Å². The zero-order chi connectivity index (χ0) is 37.0. The van der Waals surface area contributed by atoms with Gasteiger partial charge < -0.3 is 28.8 Å². The second kappa shape index (κ2) is 18.8. The number of aromatic nitrogens is 2. The maximum Gasteiger partial charge on any atom is 0.325 e. The molecule has 5 aromatic rings. The Morgan fingerprint density at radius 2 is 1.77 bits per heavy atom. The highest BCUT2D eigenvalue weighted by molar-refractivity contribution is 6.32. The van der Waals surface area contributed by atoms with E-state index in [2.05, 4.69) is 20.5 Å². The second-order valence-corrected chi connectivity index (χ2v) is 12.8. The van der Waals surface area contributed by atoms with Crippen LogP contribution in [0, 0.1) is 5.82 Å². The Bertz CT molecular complexity index is 1970. The number of benzene rings is 4. The van der Waals surface area contributed by atoms with Gasteiger partial charge in [-0.2, -0.15) is 0 Å². The van der Waals surface area contributed by atoms with Crippen molar-refractivity contribution < 1.29 is 42.6 Å². The number of carbonyl (C=O) groups is 1. The minimum atomic E-state index is -0.956. The SMILES string of the molecule is CCOC(=O)[C@@H](CO)NCc1cc(Cl)c(OCc2cccc(-c3cccc(OCCCN4CCOCC4)c3)c2F)cc1OCc1ccc2nonc2c1. The van der Waals surface area contributed by atoms with Crippen LogP contribution in [-0.4, -0.2) is 85.0 Å². The van der Waals surface area contributed by atoms with Gasteiger partial charge >= 0.3 is 5.97 Å². The summed E-state index contributed by atoms with van der Waals surface area (Å²) < 4.78 is 49.6. The number of halogens is 2. The fraction of sp³-hybridized carbons (Fsp3) is 0.359. The highest BCUT2D eigenvalue weighted by Gasteiger charge is 2.21. The summed E-state index contributed by atoms with van der Waals surface area (Å²) in [6, 6.07) is 20.3. The molecular weight excluding hydrogens is 707 g/mol. The Balaban J connectivity index is 1.15. The molecule has 1 aliphatic rings. The van der Waals surface area contributed by atoms with Crippen LogP contribution in [0.2, 0.25) is 5.02 Å². The smallest absolute Gasteiger partial charge is 0.325 e. The van der Waals surface area contributed by atoms with E-state index in [1.54, 1.807) is 49.4 Å². The first-order valence-corrected chi connectivity index (χ1v) is 17.9. The Morgan fingerprint density at radius 3 is 2.60 bits per heavy atom. The third kappa shape index (κ3) is 10.2. The number of hydrogen-bond donors (Lipinski definition) is 2. The van der Waals surface area contributed by atoms with E-state index in [0.717, 1.165) is 44.8 Å². The van der Waals surface area contributed by atoms with Gasteiger partial charge in [-0.1, -0.05) is 48.0 Å².